The van der Waals surface area contributed by atoms with Gasteiger partial charge >= 0.3 is 0 Å². The van der Waals surface area contributed by atoms with Crippen molar-refractivity contribution in [1.29, 1.82) is 0 Å². The van der Waals surface area contributed by atoms with E-state index in [2.05, 4.69) is 52.9 Å². The van der Waals surface area contributed by atoms with Gasteiger partial charge in [-0.3, -0.25) is 14.5 Å². The number of hydrogen-bond donors (Lipinski definition) is 2. The largest absolute Gasteiger partial charge is 0.480 e. The van der Waals surface area contributed by atoms with E-state index in [1.54, 1.807) is 12.3 Å². The van der Waals surface area contributed by atoms with Crippen LogP contribution in [0.5, 0.6) is 5.88 Å². The standard InChI is InChI=1S/C27H35ClN10O4/c1-35-8-10-37(11-9-35)23-5-4-19(16-21(23)30-27(40)25-20(28)17-24(41-2)32-33-25)38-18-22(31-34-38)26(39)29-6-3-7-36-12-14-42-15-13-36/h4-5,16-18H,3,6-15H2,1-2H3,(H,29,39)(H,30,40). The monoisotopic (exact) mass is 598 g/mol. The molecule has 0 unspecified atom stereocenters. The molecule has 0 spiro atoms. The Morgan fingerprint density at radius 3 is 2.55 bits per heavy atom. The first kappa shape index (κ1) is 29.6. The molecular formula is C27H35ClN10O4. The van der Waals surface area contributed by atoms with Gasteiger partial charge in [-0.2, -0.15) is 0 Å². The first-order valence-electron chi connectivity index (χ1n) is 13.9. The molecule has 0 atom stereocenters. The van der Waals surface area contributed by atoms with Gasteiger partial charge in [0, 0.05) is 51.9 Å². The molecule has 224 valence electrons. The second kappa shape index (κ2) is 13.9. The maximum Gasteiger partial charge on any atom is 0.277 e. The number of rotatable bonds is 10. The third-order valence-corrected chi connectivity index (χ3v) is 7.54. The highest BCUT2D eigenvalue weighted by Crippen LogP contribution is 2.30. The molecule has 2 aromatic heterocycles. The Morgan fingerprint density at radius 1 is 1.02 bits per heavy atom. The van der Waals surface area contributed by atoms with Crippen molar-refractivity contribution in [3.63, 3.8) is 0 Å². The minimum Gasteiger partial charge on any atom is -0.480 e. The molecule has 3 aromatic rings. The lowest BCUT2D eigenvalue weighted by molar-refractivity contribution is 0.0374. The van der Waals surface area contributed by atoms with Crippen LogP contribution in [0.2, 0.25) is 5.02 Å². The van der Waals surface area contributed by atoms with E-state index in [0.29, 0.717) is 17.9 Å². The number of hydrogen-bond acceptors (Lipinski definition) is 11. The molecule has 2 aliphatic heterocycles. The smallest absolute Gasteiger partial charge is 0.277 e. The van der Waals surface area contributed by atoms with E-state index in [4.69, 9.17) is 21.1 Å². The molecule has 2 aliphatic rings. The molecular weight excluding hydrogens is 564 g/mol. The van der Waals surface area contributed by atoms with Crippen molar-refractivity contribution in [2.24, 2.45) is 0 Å². The van der Waals surface area contributed by atoms with Crippen molar-refractivity contribution in [3.8, 4) is 11.6 Å². The molecule has 2 N–H and O–H groups in total. The molecule has 2 fully saturated rings. The quantitative estimate of drug-likeness (QED) is 0.325. The summed E-state index contributed by atoms with van der Waals surface area (Å²) in [4.78, 5) is 32.7. The Balaban J connectivity index is 1.30. The lowest BCUT2D eigenvalue weighted by atomic mass is 10.2. The number of amides is 2. The van der Waals surface area contributed by atoms with Gasteiger partial charge in [-0.1, -0.05) is 16.8 Å². The van der Waals surface area contributed by atoms with Gasteiger partial charge in [-0.05, 0) is 38.2 Å². The average molecular weight is 599 g/mol. The van der Waals surface area contributed by atoms with Crippen molar-refractivity contribution in [3.05, 3.63) is 46.9 Å². The maximum absolute atomic E-state index is 13.2. The van der Waals surface area contributed by atoms with Gasteiger partial charge in [-0.25, -0.2) is 4.68 Å². The number of ether oxygens (including phenoxy) is 2. The van der Waals surface area contributed by atoms with E-state index in [-0.39, 0.29) is 28.2 Å². The molecule has 2 saturated heterocycles. The molecule has 14 nitrogen and oxygen atoms in total. The van der Waals surface area contributed by atoms with Crippen molar-refractivity contribution in [2.75, 3.05) is 89.9 Å². The zero-order valence-corrected chi connectivity index (χ0v) is 24.5. The predicted molar refractivity (Wildman–Crippen MR) is 157 cm³/mol. The van der Waals surface area contributed by atoms with Gasteiger partial charge in [0.15, 0.2) is 11.4 Å². The van der Waals surface area contributed by atoms with Crippen molar-refractivity contribution < 1.29 is 19.1 Å². The Labute approximate surface area is 248 Å². The number of nitrogens with zero attached hydrogens (tertiary/aromatic N) is 8. The van der Waals surface area contributed by atoms with Crippen LogP contribution in [-0.4, -0.2) is 127 Å². The van der Waals surface area contributed by atoms with Crippen molar-refractivity contribution in [2.45, 2.75) is 6.42 Å². The number of morpholine rings is 1. The summed E-state index contributed by atoms with van der Waals surface area (Å²) >= 11 is 6.29. The second-order valence-electron chi connectivity index (χ2n) is 10.1. The molecule has 42 heavy (non-hydrogen) atoms. The van der Waals surface area contributed by atoms with E-state index < -0.39 is 5.91 Å². The highest BCUT2D eigenvalue weighted by atomic mass is 35.5. The fourth-order valence-electron chi connectivity index (χ4n) is 4.79. The van der Waals surface area contributed by atoms with E-state index in [1.807, 2.05) is 12.1 Å². The number of aromatic nitrogens is 5. The minimum absolute atomic E-state index is 0.0273. The topological polar surface area (TPSA) is 143 Å². The SMILES string of the molecule is COc1cc(Cl)c(C(=O)Nc2cc(-n3cc(C(=O)NCCCN4CCOCC4)nn3)ccc2N2CCN(C)CC2)nn1. The number of anilines is 2. The number of halogens is 1. The highest BCUT2D eigenvalue weighted by molar-refractivity contribution is 6.34. The van der Waals surface area contributed by atoms with Crippen LogP contribution in [0.25, 0.3) is 5.69 Å². The number of nitrogens with one attached hydrogen (secondary N) is 2. The van der Waals surface area contributed by atoms with E-state index in [0.717, 1.165) is 71.1 Å². The second-order valence-corrected chi connectivity index (χ2v) is 10.5. The highest BCUT2D eigenvalue weighted by Gasteiger charge is 2.22. The first-order chi connectivity index (χ1) is 20.4. The molecule has 5 rings (SSSR count). The zero-order valence-electron chi connectivity index (χ0n) is 23.8. The first-order valence-corrected chi connectivity index (χ1v) is 14.3. The maximum atomic E-state index is 13.2. The Kier molecular flexibility index (Phi) is 9.79. The van der Waals surface area contributed by atoms with Gasteiger partial charge in [0.25, 0.3) is 11.8 Å². The molecule has 2 amide bonds. The summed E-state index contributed by atoms with van der Waals surface area (Å²) in [6.45, 7) is 8.13. The Hall–Kier alpha value is -3.85. The van der Waals surface area contributed by atoms with E-state index in [1.165, 1.54) is 17.9 Å². The van der Waals surface area contributed by atoms with Crippen LogP contribution in [0.1, 0.15) is 27.4 Å². The number of likely N-dealkylation sites (N-methyl/N-ethyl adjacent to an activating group) is 1. The number of benzene rings is 1. The molecule has 0 radical (unpaired) electrons. The number of methoxy groups -OCH3 is 1. The minimum atomic E-state index is -0.515. The van der Waals surface area contributed by atoms with E-state index in [9.17, 15) is 9.59 Å². The lowest BCUT2D eigenvalue weighted by Crippen LogP contribution is -2.44. The number of piperazine rings is 1. The normalized spacial score (nSPS) is 16.3. The molecule has 0 bridgehead atoms. The van der Waals surface area contributed by atoms with Gasteiger partial charge in [0.2, 0.25) is 5.88 Å². The third kappa shape index (κ3) is 7.31. The number of carbonyl (C=O) groups excluding carboxylic acids is 2. The van der Waals surface area contributed by atoms with Crippen molar-refractivity contribution in [1.82, 2.24) is 40.3 Å². The summed E-state index contributed by atoms with van der Waals surface area (Å²) in [6, 6.07) is 7.02. The predicted octanol–water partition coefficient (Wildman–Crippen LogP) is 1.18. The van der Waals surface area contributed by atoms with Crippen LogP contribution >= 0.6 is 11.6 Å². The van der Waals surface area contributed by atoms with Crippen LogP contribution in [-0.2, 0) is 4.74 Å². The average Bonchev–Trinajstić information content (AvgIpc) is 3.51. The van der Waals surface area contributed by atoms with Crippen LogP contribution < -0.4 is 20.3 Å². The van der Waals surface area contributed by atoms with Gasteiger partial charge in [0.05, 0.1) is 48.6 Å². The van der Waals surface area contributed by atoms with Crippen LogP contribution in [0.4, 0.5) is 11.4 Å². The lowest BCUT2D eigenvalue weighted by Gasteiger charge is -2.35. The molecule has 1 aromatic carbocycles. The van der Waals surface area contributed by atoms with Gasteiger partial charge in [0.1, 0.15) is 0 Å². The van der Waals surface area contributed by atoms with E-state index >= 15 is 0 Å². The number of carbonyl (C=O) groups is 2. The summed E-state index contributed by atoms with van der Waals surface area (Å²) < 4.78 is 11.9. The summed E-state index contributed by atoms with van der Waals surface area (Å²) in [5.41, 5.74) is 2.18. The molecule has 0 saturated carbocycles. The molecule has 15 heteroatoms. The van der Waals surface area contributed by atoms with Crippen LogP contribution in [0, 0.1) is 0 Å². The van der Waals surface area contributed by atoms with Gasteiger partial charge < -0.3 is 29.9 Å². The molecule has 0 aliphatic carbocycles. The summed E-state index contributed by atoms with van der Waals surface area (Å²) in [6.07, 6.45) is 2.40. The summed E-state index contributed by atoms with van der Waals surface area (Å²) in [5.74, 6) is -0.600. The third-order valence-electron chi connectivity index (χ3n) is 7.25. The van der Waals surface area contributed by atoms with Gasteiger partial charge in [-0.15, -0.1) is 15.3 Å². The Morgan fingerprint density at radius 2 is 1.81 bits per heavy atom. The van der Waals surface area contributed by atoms with Crippen LogP contribution in [0.3, 0.4) is 0 Å². The van der Waals surface area contributed by atoms with Crippen LogP contribution in [0.15, 0.2) is 30.5 Å². The van der Waals surface area contributed by atoms with Crippen molar-refractivity contribution >= 4 is 34.8 Å². The fraction of sp³-hybridized carbons (Fsp3) is 0.481. The Bertz CT molecular complexity index is 1390. The zero-order chi connectivity index (χ0) is 29.5. The fourth-order valence-corrected chi connectivity index (χ4v) is 5.01. The molecule has 4 heterocycles. The summed E-state index contributed by atoms with van der Waals surface area (Å²) in [5, 5.41) is 22.0. The summed E-state index contributed by atoms with van der Waals surface area (Å²) in [7, 11) is 3.52.